The van der Waals surface area contributed by atoms with Gasteiger partial charge in [0.15, 0.2) is 11.6 Å². The molecule has 0 saturated carbocycles. The van der Waals surface area contributed by atoms with Crippen molar-refractivity contribution >= 4 is 29.2 Å². The van der Waals surface area contributed by atoms with Gasteiger partial charge in [0.25, 0.3) is 5.91 Å². The topological polar surface area (TPSA) is 87.0 Å². The highest BCUT2D eigenvalue weighted by molar-refractivity contribution is 6.31. The summed E-state index contributed by atoms with van der Waals surface area (Å²) in [6.07, 6.45) is 1.47. The highest BCUT2D eigenvalue weighted by Gasteiger charge is 2.32. The van der Waals surface area contributed by atoms with Gasteiger partial charge in [-0.05, 0) is 30.2 Å². The van der Waals surface area contributed by atoms with Crippen LogP contribution in [0.2, 0.25) is 0 Å². The number of rotatable bonds is 3. The molecule has 1 aliphatic rings. The maximum atomic E-state index is 13.2. The lowest BCUT2D eigenvalue weighted by Gasteiger charge is -2.21. The Bertz CT molecular complexity index is 1280. The van der Waals surface area contributed by atoms with Crippen LogP contribution in [0.25, 0.3) is 6.08 Å². The van der Waals surface area contributed by atoms with Crippen LogP contribution in [0.3, 0.4) is 0 Å². The summed E-state index contributed by atoms with van der Waals surface area (Å²) in [6, 6.07) is 20.8. The number of hydrogen-bond donors (Lipinski definition) is 1. The van der Waals surface area contributed by atoms with Crippen molar-refractivity contribution in [2.45, 2.75) is 6.92 Å². The Morgan fingerprint density at radius 1 is 0.867 bits per heavy atom. The molecule has 5 heteroatoms. The van der Waals surface area contributed by atoms with Crippen molar-refractivity contribution in [3.8, 4) is 6.07 Å². The summed E-state index contributed by atoms with van der Waals surface area (Å²) in [4.78, 5) is 38.9. The molecule has 1 N–H and O–H groups in total. The summed E-state index contributed by atoms with van der Waals surface area (Å²) in [6.45, 7) is 1.74. The first-order valence-corrected chi connectivity index (χ1v) is 9.31. The number of hydrogen-bond acceptors (Lipinski definition) is 4. The summed E-state index contributed by atoms with van der Waals surface area (Å²) in [5.41, 5.74) is 2.52. The molecule has 0 spiro atoms. The van der Waals surface area contributed by atoms with Gasteiger partial charge in [-0.15, -0.1) is 0 Å². The summed E-state index contributed by atoms with van der Waals surface area (Å²) in [7, 11) is 0. The Morgan fingerprint density at radius 2 is 1.50 bits per heavy atom. The normalized spacial score (nSPS) is 12.6. The van der Waals surface area contributed by atoms with Crippen molar-refractivity contribution in [2.24, 2.45) is 0 Å². The number of carbonyl (C=O) groups is 3. The fourth-order valence-corrected chi connectivity index (χ4v) is 3.50. The van der Waals surface area contributed by atoms with E-state index >= 15 is 0 Å². The molecule has 3 aromatic rings. The number of amides is 1. The molecule has 1 amide bonds. The summed E-state index contributed by atoms with van der Waals surface area (Å²) in [5, 5.41) is 12.2. The maximum Gasteiger partial charge on any atom is 0.266 e. The Balaban J connectivity index is 1.77. The maximum absolute atomic E-state index is 13.2. The number of carbonyl (C=O) groups excluding carboxylic acids is 3. The number of nitrogens with zero attached hydrogens (tertiary/aromatic N) is 1. The lowest BCUT2D eigenvalue weighted by atomic mass is 9.82. The second-order valence-corrected chi connectivity index (χ2v) is 6.92. The molecule has 1 aliphatic carbocycles. The molecule has 0 heterocycles. The third-order valence-corrected chi connectivity index (χ3v) is 5.02. The second kappa shape index (κ2) is 7.61. The van der Waals surface area contributed by atoms with Gasteiger partial charge in [0, 0.05) is 16.7 Å². The molecule has 0 unspecified atom stereocenters. The third-order valence-electron chi connectivity index (χ3n) is 5.02. The summed E-state index contributed by atoms with van der Waals surface area (Å²) >= 11 is 0. The van der Waals surface area contributed by atoms with Gasteiger partial charge < -0.3 is 5.32 Å². The first-order chi connectivity index (χ1) is 14.5. The number of benzene rings is 3. The zero-order valence-corrected chi connectivity index (χ0v) is 16.1. The number of aryl methyl sites for hydroxylation is 1. The van der Waals surface area contributed by atoms with Crippen LogP contribution in [-0.4, -0.2) is 17.5 Å². The second-order valence-electron chi connectivity index (χ2n) is 6.92. The highest BCUT2D eigenvalue weighted by Crippen LogP contribution is 2.34. The van der Waals surface area contributed by atoms with Gasteiger partial charge in [0.05, 0.1) is 11.3 Å². The quantitative estimate of drug-likeness (QED) is 0.416. The lowest BCUT2D eigenvalue weighted by molar-refractivity contribution is -0.112. The first-order valence-electron chi connectivity index (χ1n) is 9.31. The molecule has 3 aromatic carbocycles. The minimum absolute atomic E-state index is 0.104. The third kappa shape index (κ3) is 3.21. The number of fused-ring (bicyclic) bond motifs is 2. The Labute approximate surface area is 173 Å². The Hall–Kier alpha value is -4.30. The van der Waals surface area contributed by atoms with Crippen molar-refractivity contribution in [1.29, 1.82) is 5.26 Å². The van der Waals surface area contributed by atoms with Crippen LogP contribution in [0.15, 0.2) is 72.3 Å². The SMILES string of the molecule is Cc1ccc2c(c1NC(=O)/C(C#N)=C/c1ccccc1)C(=O)c1ccccc1C2=O. The fraction of sp³-hybridized carbons (Fsp3) is 0.0400. The van der Waals surface area contributed by atoms with Crippen LogP contribution in [0, 0.1) is 18.3 Å². The van der Waals surface area contributed by atoms with E-state index in [-0.39, 0.29) is 34.0 Å². The predicted molar refractivity (Wildman–Crippen MR) is 113 cm³/mol. The molecule has 0 saturated heterocycles. The predicted octanol–water partition coefficient (Wildman–Crippen LogP) is 4.32. The highest BCUT2D eigenvalue weighted by atomic mass is 16.2. The standard InChI is InChI=1S/C25H16N2O3/c1-15-11-12-20-21(24(29)19-10-6-5-9-18(19)23(20)28)22(15)27-25(30)17(14-26)13-16-7-3-2-4-8-16/h2-13H,1H3,(H,27,30)/b17-13+. The van der Waals surface area contributed by atoms with Crippen LogP contribution < -0.4 is 5.32 Å². The minimum Gasteiger partial charge on any atom is -0.320 e. The molecular formula is C25H16N2O3. The van der Waals surface area contributed by atoms with Gasteiger partial charge in [-0.2, -0.15) is 5.26 Å². The van der Waals surface area contributed by atoms with Crippen molar-refractivity contribution in [3.05, 3.63) is 106 Å². The average molecular weight is 392 g/mol. The van der Waals surface area contributed by atoms with Crippen molar-refractivity contribution in [3.63, 3.8) is 0 Å². The van der Waals surface area contributed by atoms with E-state index in [1.54, 1.807) is 67.6 Å². The molecule has 30 heavy (non-hydrogen) atoms. The van der Waals surface area contributed by atoms with Gasteiger partial charge >= 0.3 is 0 Å². The van der Waals surface area contributed by atoms with Crippen LogP contribution in [0.5, 0.6) is 0 Å². The molecule has 0 aliphatic heterocycles. The van der Waals surface area contributed by atoms with E-state index in [0.717, 1.165) is 0 Å². The van der Waals surface area contributed by atoms with E-state index in [0.29, 0.717) is 22.3 Å². The minimum atomic E-state index is -0.642. The summed E-state index contributed by atoms with van der Waals surface area (Å²) < 4.78 is 0. The number of nitriles is 1. The van der Waals surface area contributed by atoms with E-state index < -0.39 is 5.91 Å². The largest absolute Gasteiger partial charge is 0.320 e. The zero-order chi connectivity index (χ0) is 21.3. The van der Waals surface area contributed by atoms with Crippen LogP contribution in [0.1, 0.15) is 43.0 Å². The van der Waals surface area contributed by atoms with Crippen LogP contribution in [-0.2, 0) is 4.79 Å². The van der Waals surface area contributed by atoms with Crippen molar-refractivity contribution < 1.29 is 14.4 Å². The number of nitrogens with one attached hydrogen (secondary N) is 1. The van der Waals surface area contributed by atoms with Gasteiger partial charge in [-0.25, -0.2) is 0 Å². The van der Waals surface area contributed by atoms with E-state index in [2.05, 4.69) is 5.32 Å². The van der Waals surface area contributed by atoms with Gasteiger partial charge in [-0.1, -0.05) is 60.7 Å². The molecule has 0 fully saturated rings. The van der Waals surface area contributed by atoms with E-state index in [1.807, 2.05) is 12.1 Å². The first kappa shape index (κ1) is 19.0. The van der Waals surface area contributed by atoms with E-state index in [9.17, 15) is 19.6 Å². The van der Waals surface area contributed by atoms with Gasteiger partial charge in [0.2, 0.25) is 0 Å². The monoisotopic (exact) mass is 392 g/mol. The van der Waals surface area contributed by atoms with Crippen LogP contribution in [0.4, 0.5) is 5.69 Å². The smallest absolute Gasteiger partial charge is 0.266 e. The molecular weight excluding hydrogens is 376 g/mol. The van der Waals surface area contributed by atoms with Crippen molar-refractivity contribution in [2.75, 3.05) is 5.32 Å². The fourth-order valence-electron chi connectivity index (χ4n) is 3.50. The number of anilines is 1. The lowest BCUT2D eigenvalue weighted by Crippen LogP contribution is -2.25. The van der Waals surface area contributed by atoms with Crippen LogP contribution >= 0.6 is 0 Å². The molecule has 0 bridgehead atoms. The summed E-state index contributed by atoms with van der Waals surface area (Å²) in [5.74, 6) is -1.24. The average Bonchev–Trinajstić information content (AvgIpc) is 2.77. The van der Waals surface area contributed by atoms with Gasteiger partial charge in [-0.3, -0.25) is 14.4 Å². The van der Waals surface area contributed by atoms with Gasteiger partial charge in [0.1, 0.15) is 11.6 Å². The zero-order valence-electron chi connectivity index (χ0n) is 16.1. The molecule has 0 radical (unpaired) electrons. The molecule has 144 valence electrons. The molecule has 0 aromatic heterocycles. The molecule has 4 rings (SSSR count). The van der Waals surface area contributed by atoms with E-state index in [4.69, 9.17) is 0 Å². The Morgan fingerprint density at radius 3 is 2.17 bits per heavy atom. The number of ketones is 2. The van der Waals surface area contributed by atoms with E-state index in [1.165, 1.54) is 6.08 Å². The Kier molecular flexibility index (Phi) is 4.83. The molecule has 5 nitrogen and oxygen atoms in total. The molecule has 0 atom stereocenters. The van der Waals surface area contributed by atoms with Crippen molar-refractivity contribution in [1.82, 2.24) is 0 Å².